The first kappa shape index (κ1) is 60.8. The minimum absolute atomic E-state index is 0.0366. The van der Waals surface area contributed by atoms with E-state index in [0.717, 1.165) is 96.3 Å². The number of unbranched alkanes of at least 4 members (excludes halogenated alkanes) is 24. The Morgan fingerprint density at radius 3 is 1.33 bits per heavy atom. The highest BCUT2D eigenvalue weighted by Gasteiger charge is 2.24. The van der Waals surface area contributed by atoms with Crippen molar-refractivity contribution in [2.75, 3.05) is 6.61 Å². The van der Waals surface area contributed by atoms with Gasteiger partial charge in [0.1, 0.15) is 6.10 Å². The third-order valence-electron chi connectivity index (χ3n) is 11.6. The number of amides is 1. The second kappa shape index (κ2) is 50.8. The molecule has 6 nitrogen and oxygen atoms in total. The summed E-state index contributed by atoms with van der Waals surface area (Å²) in [5.41, 5.74) is 0. The molecule has 0 fully saturated rings. The van der Waals surface area contributed by atoms with Gasteiger partial charge in [0.05, 0.1) is 25.2 Å². The first-order chi connectivity index (χ1) is 31.5. The standard InChI is InChI=1S/C58H99NO5/c1-4-7-10-13-16-19-22-25-28-30-31-34-37-40-43-46-49-54(64-58(63)51-48-45-42-39-36-33-29-26-23-20-17-14-11-8-5-2)52-57(62)59-55(53-60)56(61)50-47-44-41-38-35-32-27-24-21-18-15-12-9-6-3/h8,11,14,16-17,19-20,22-23,25-26,28-31,34,54-56,60-61H,4-7,9-10,12-13,15,18,21,24,27,32-33,35-53H2,1-3H3,(H,59,62)/b11-8+,17-14+,19-16+,23-20+,25-22+,29-26-,30-28+,34-31+. The van der Waals surface area contributed by atoms with E-state index in [-0.39, 0.29) is 24.9 Å². The Balaban J connectivity index is 4.73. The summed E-state index contributed by atoms with van der Waals surface area (Å²) in [6.45, 7) is 6.29. The molecule has 3 N–H and O–H groups in total. The lowest BCUT2D eigenvalue weighted by molar-refractivity contribution is -0.151. The van der Waals surface area contributed by atoms with Gasteiger partial charge in [-0.3, -0.25) is 9.59 Å². The van der Waals surface area contributed by atoms with E-state index in [1.807, 2.05) is 24.3 Å². The first-order valence-corrected chi connectivity index (χ1v) is 26.6. The van der Waals surface area contributed by atoms with Gasteiger partial charge in [-0.15, -0.1) is 0 Å². The zero-order valence-electron chi connectivity index (χ0n) is 41.6. The molecule has 0 aromatic rings. The topological polar surface area (TPSA) is 95.9 Å². The average molecular weight is 890 g/mol. The van der Waals surface area contributed by atoms with Gasteiger partial charge in [-0.25, -0.2) is 0 Å². The van der Waals surface area contributed by atoms with Crippen molar-refractivity contribution in [1.29, 1.82) is 0 Å². The Hall–Kier alpha value is -3.22. The minimum atomic E-state index is -0.809. The summed E-state index contributed by atoms with van der Waals surface area (Å²) in [5, 5.41) is 23.8. The summed E-state index contributed by atoms with van der Waals surface area (Å²) in [6.07, 6.45) is 67.4. The maximum atomic E-state index is 13.2. The van der Waals surface area contributed by atoms with Crippen molar-refractivity contribution in [2.24, 2.45) is 0 Å². The van der Waals surface area contributed by atoms with Crippen molar-refractivity contribution in [3.8, 4) is 0 Å². The average Bonchev–Trinajstić information content (AvgIpc) is 3.29. The number of rotatable bonds is 46. The Morgan fingerprint density at radius 1 is 0.469 bits per heavy atom. The van der Waals surface area contributed by atoms with Crippen LogP contribution in [0, 0.1) is 0 Å². The molecule has 0 aliphatic heterocycles. The number of allylic oxidation sites excluding steroid dienone is 16. The molecule has 0 radical (unpaired) electrons. The van der Waals surface area contributed by atoms with Gasteiger partial charge < -0.3 is 20.3 Å². The number of esters is 1. The lowest BCUT2D eigenvalue weighted by Gasteiger charge is -2.24. The molecule has 0 heterocycles. The molecule has 0 aliphatic carbocycles. The van der Waals surface area contributed by atoms with Crippen LogP contribution in [-0.4, -0.2) is 46.9 Å². The molecule has 0 aromatic carbocycles. The van der Waals surface area contributed by atoms with Crippen molar-refractivity contribution in [1.82, 2.24) is 5.32 Å². The lowest BCUT2D eigenvalue weighted by atomic mass is 10.0. The second-order valence-electron chi connectivity index (χ2n) is 17.7. The molecule has 0 saturated carbocycles. The van der Waals surface area contributed by atoms with Crippen LogP contribution < -0.4 is 5.32 Å². The molecule has 0 saturated heterocycles. The quantitative estimate of drug-likeness (QED) is 0.0321. The predicted molar refractivity (Wildman–Crippen MR) is 277 cm³/mol. The van der Waals surface area contributed by atoms with Crippen molar-refractivity contribution in [2.45, 2.75) is 251 Å². The van der Waals surface area contributed by atoms with E-state index in [9.17, 15) is 19.8 Å². The molecule has 0 aliphatic rings. The third kappa shape index (κ3) is 45.4. The van der Waals surface area contributed by atoms with E-state index in [2.05, 4.69) is 99.0 Å². The van der Waals surface area contributed by atoms with Gasteiger partial charge in [-0.1, -0.05) is 246 Å². The Kier molecular flexibility index (Phi) is 48.2. The van der Waals surface area contributed by atoms with E-state index in [4.69, 9.17) is 4.74 Å². The van der Waals surface area contributed by atoms with E-state index in [1.165, 1.54) is 89.9 Å². The van der Waals surface area contributed by atoms with Gasteiger partial charge in [0.2, 0.25) is 5.91 Å². The van der Waals surface area contributed by atoms with Gasteiger partial charge >= 0.3 is 5.97 Å². The highest BCUT2D eigenvalue weighted by molar-refractivity contribution is 5.77. The number of carbonyl (C=O) groups excluding carboxylic acids is 2. The van der Waals surface area contributed by atoms with Crippen LogP contribution in [0.4, 0.5) is 0 Å². The number of hydrogen-bond donors (Lipinski definition) is 3. The van der Waals surface area contributed by atoms with Crippen LogP contribution >= 0.6 is 0 Å². The second-order valence-corrected chi connectivity index (χ2v) is 17.7. The predicted octanol–water partition coefficient (Wildman–Crippen LogP) is 16.1. The minimum Gasteiger partial charge on any atom is -0.462 e. The zero-order valence-corrected chi connectivity index (χ0v) is 41.6. The molecular weight excluding hydrogens is 791 g/mol. The van der Waals surface area contributed by atoms with Gasteiger partial charge in [0, 0.05) is 6.42 Å². The summed E-state index contributed by atoms with van der Waals surface area (Å²) in [6, 6.07) is -0.726. The summed E-state index contributed by atoms with van der Waals surface area (Å²) < 4.78 is 5.91. The fraction of sp³-hybridized carbons (Fsp3) is 0.690. The van der Waals surface area contributed by atoms with Gasteiger partial charge in [-0.05, 0) is 70.6 Å². The molecular formula is C58H99NO5. The number of hydrogen-bond acceptors (Lipinski definition) is 5. The number of nitrogens with one attached hydrogen (secondary N) is 1. The molecule has 3 unspecified atom stereocenters. The van der Waals surface area contributed by atoms with Crippen LogP contribution in [0.25, 0.3) is 0 Å². The van der Waals surface area contributed by atoms with Crippen molar-refractivity contribution >= 4 is 11.9 Å². The molecule has 0 bridgehead atoms. The van der Waals surface area contributed by atoms with Crippen LogP contribution in [-0.2, 0) is 14.3 Å². The highest BCUT2D eigenvalue weighted by atomic mass is 16.5. The number of aliphatic hydroxyl groups excluding tert-OH is 2. The molecule has 366 valence electrons. The molecule has 0 aromatic heterocycles. The molecule has 6 heteroatoms. The molecule has 0 spiro atoms. The zero-order chi connectivity index (χ0) is 46.7. The number of carbonyl (C=O) groups is 2. The highest BCUT2D eigenvalue weighted by Crippen LogP contribution is 2.17. The van der Waals surface area contributed by atoms with E-state index < -0.39 is 18.2 Å². The first-order valence-electron chi connectivity index (χ1n) is 26.6. The summed E-state index contributed by atoms with van der Waals surface area (Å²) in [4.78, 5) is 26.2. The van der Waals surface area contributed by atoms with Crippen molar-refractivity contribution in [3.05, 3.63) is 97.2 Å². The maximum Gasteiger partial charge on any atom is 0.306 e. The normalized spacial score (nSPS) is 14.0. The number of aliphatic hydroxyl groups is 2. The van der Waals surface area contributed by atoms with Crippen molar-refractivity contribution < 1.29 is 24.5 Å². The van der Waals surface area contributed by atoms with E-state index in [1.54, 1.807) is 0 Å². The van der Waals surface area contributed by atoms with E-state index >= 15 is 0 Å². The Bertz CT molecular complexity index is 1270. The van der Waals surface area contributed by atoms with Crippen LogP contribution in [0.2, 0.25) is 0 Å². The summed E-state index contributed by atoms with van der Waals surface area (Å²) >= 11 is 0. The molecule has 1 amide bonds. The van der Waals surface area contributed by atoms with Gasteiger partial charge in [-0.2, -0.15) is 0 Å². The van der Waals surface area contributed by atoms with Gasteiger partial charge in [0.25, 0.3) is 0 Å². The fourth-order valence-electron chi connectivity index (χ4n) is 7.57. The van der Waals surface area contributed by atoms with Crippen LogP contribution in [0.1, 0.15) is 233 Å². The summed E-state index contributed by atoms with van der Waals surface area (Å²) in [7, 11) is 0. The molecule has 3 atom stereocenters. The summed E-state index contributed by atoms with van der Waals surface area (Å²) in [5.74, 6) is -0.545. The Labute approximate surface area is 395 Å². The SMILES string of the molecule is CC/C=C/C=C/C=C/C=C\CCCCCCCC(=O)OC(CCCCC/C=C/C=C/C=C/C=C/CCCCC)CC(=O)NC(CO)C(O)CCCCCCCCCCCCCCCC. The molecule has 64 heavy (non-hydrogen) atoms. The van der Waals surface area contributed by atoms with Gasteiger partial charge in [0.15, 0.2) is 0 Å². The van der Waals surface area contributed by atoms with Crippen LogP contribution in [0.3, 0.4) is 0 Å². The van der Waals surface area contributed by atoms with Crippen molar-refractivity contribution in [3.63, 3.8) is 0 Å². The monoisotopic (exact) mass is 890 g/mol. The third-order valence-corrected chi connectivity index (χ3v) is 11.6. The fourth-order valence-corrected chi connectivity index (χ4v) is 7.57. The number of ether oxygens (including phenoxy) is 1. The maximum absolute atomic E-state index is 13.2. The molecule has 0 rings (SSSR count). The smallest absolute Gasteiger partial charge is 0.306 e. The van der Waals surface area contributed by atoms with E-state index in [0.29, 0.717) is 19.3 Å². The largest absolute Gasteiger partial charge is 0.462 e. The van der Waals surface area contributed by atoms with Crippen LogP contribution in [0.15, 0.2) is 97.2 Å². The lowest BCUT2D eigenvalue weighted by Crippen LogP contribution is -2.46. The Morgan fingerprint density at radius 2 is 0.844 bits per heavy atom. The van der Waals surface area contributed by atoms with Crippen LogP contribution in [0.5, 0.6) is 0 Å².